The molecule has 46 heavy (non-hydrogen) atoms. The predicted octanol–water partition coefficient (Wildman–Crippen LogP) is 9.19. The number of aliphatic hydroxyl groups is 2. The molecule has 0 saturated heterocycles. The van der Waals surface area contributed by atoms with Gasteiger partial charge in [0.2, 0.25) is 0 Å². The molecule has 5 nitrogen and oxygen atoms in total. The first-order chi connectivity index (χ1) is 20.8. The number of hydrogen-bond donors (Lipinski definition) is 2. The first-order valence-corrected chi connectivity index (χ1v) is 15.6. The molecule has 0 spiro atoms. The van der Waals surface area contributed by atoms with E-state index in [-0.39, 0.29) is 30.9 Å². The molecule has 0 aliphatic heterocycles. The largest absolute Gasteiger partial charge is 0.392 e. The van der Waals surface area contributed by atoms with Crippen molar-refractivity contribution >= 4 is 0 Å². The van der Waals surface area contributed by atoms with Crippen molar-refractivity contribution in [3.8, 4) is 39.8 Å². The summed E-state index contributed by atoms with van der Waals surface area (Å²) in [4.78, 5) is 10.0. The molecule has 0 aliphatic carbocycles. The number of nitriles is 1. The van der Waals surface area contributed by atoms with Gasteiger partial charge in [0.1, 0.15) is 0 Å². The van der Waals surface area contributed by atoms with Crippen LogP contribution in [0.4, 0.5) is 0 Å². The van der Waals surface area contributed by atoms with Crippen molar-refractivity contribution in [3.63, 3.8) is 0 Å². The van der Waals surface area contributed by atoms with E-state index in [1.165, 1.54) is 16.7 Å². The van der Waals surface area contributed by atoms with Crippen LogP contribution in [-0.2, 0) is 20.1 Å². The van der Waals surface area contributed by atoms with Gasteiger partial charge in [-0.2, -0.15) is 5.26 Å². The van der Waals surface area contributed by atoms with Crippen LogP contribution in [0.25, 0.3) is 33.8 Å². The molecule has 0 aliphatic rings. The molecule has 0 amide bonds. The van der Waals surface area contributed by atoms with Crippen molar-refractivity contribution in [1.82, 2.24) is 9.97 Å². The Hall–Kier alpha value is -3.20. The molecular weight excluding hydrogens is 747 g/mol. The summed E-state index contributed by atoms with van der Waals surface area (Å²) in [6.07, 6.45) is 1.40. The zero-order valence-electron chi connectivity index (χ0n) is 29.6. The Labute approximate surface area is 290 Å². The van der Waals surface area contributed by atoms with E-state index in [1.54, 1.807) is 0 Å². The molecule has 2 unspecified atom stereocenters. The maximum atomic E-state index is 9.76. The number of hydrogen-bond acceptors (Lipinski definition) is 5. The second-order valence-corrected chi connectivity index (χ2v) is 14.6. The predicted molar refractivity (Wildman–Crippen MR) is 186 cm³/mol. The molecule has 4 rings (SSSR count). The van der Waals surface area contributed by atoms with Crippen LogP contribution in [0.2, 0.25) is 0 Å². The maximum absolute atomic E-state index is 9.76. The van der Waals surface area contributed by atoms with Gasteiger partial charge in [0.25, 0.3) is 0 Å². The molecule has 1 heterocycles. The van der Waals surface area contributed by atoms with Crippen LogP contribution < -0.4 is 0 Å². The van der Waals surface area contributed by atoms with E-state index in [0.29, 0.717) is 12.0 Å². The summed E-state index contributed by atoms with van der Waals surface area (Å²) in [5, 5.41) is 28.9. The van der Waals surface area contributed by atoms with Crippen LogP contribution in [0.5, 0.6) is 0 Å². The third-order valence-electron chi connectivity index (χ3n) is 8.30. The summed E-state index contributed by atoms with van der Waals surface area (Å²) in [5.41, 5.74) is 12.5. The fraction of sp³-hybridized carbons (Fsp3) is 0.425. The minimum Gasteiger partial charge on any atom is -0.392 e. The Morgan fingerprint density at radius 1 is 0.761 bits per heavy atom. The summed E-state index contributed by atoms with van der Waals surface area (Å²) in [7, 11) is 0. The van der Waals surface area contributed by atoms with Crippen molar-refractivity contribution in [3.05, 3.63) is 93.7 Å². The Bertz CT molecular complexity index is 1650. The van der Waals surface area contributed by atoms with E-state index in [1.807, 2.05) is 73.7 Å². The van der Waals surface area contributed by atoms with E-state index in [9.17, 15) is 15.5 Å². The van der Waals surface area contributed by atoms with Crippen LogP contribution in [0.1, 0.15) is 86.9 Å². The normalized spacial score (nSPS) is 12.7. The van der Waals surface area contributed by atoms with Gasteiger partial charge in [-0.05, 0) is 61.3 Å². The smallest absolute Gasteiger partial charge is 0.0994 e. The van der Waals surface area contributed by atoms with Gasteiger partial charge < -0.3 is 15.2 Å². The molecule has 0 fully saturated rings. The van der Waals surface area contributed by atoms with Gasteiger partial charge in [-0.15, -0.1) is 34.9 Å². The van der Waals surface area contributed by atoms with E-state index < -0.39 is 12.2 Å². The molecule has 2 N–H and O–H groups in total. The fourth-order valence-electron chi connectivity index (χ4n) is 5.19. The molecule has 1 radical (unpaired) electrons. The Morgan fingerprint density at radius 2 is 1.30 bits per heavy atom. The standard InChI is InChI=1S/C29H26N3.C11H24O2.Ir/c1-17-9-18(2)12-24(11-17)28-29(25-13-19(3)10-20(4)14-25)32-27(16-31-28)26-8-7-23(15-30)21(5)22(26)6;1-10(2,3)8(12)7-9(13)11(4,5)6;/h7-11,13-14,16H,1-6H3;8-9,12-13H,7H2,1-6H3;/q-1;;. The second-order valence-electron chi connectivity index (χ2n) is 14.6. The van der Waals surface area contributed by atoms with Gasteiger partial charge >= 0.3 is 0 Å². The topological polar surface area (TPSA) is 90.0 Å². The molecule has 2 atom stereocenters. The Morgan fingerprint density at radius 3 is 1.80 bits per heavy atom. The Balaban J connectivity index is 0.000000449. The van der Waals surface area contributed by atoms with Crippen molar-refractivity contribution in [2.75, 3.05) is 0 Å². The van der Waals surface area contributed by atoms with E-state index in [2.05, 4.69) is 70.2 Å². The number of aliphatic hydroxyl groups excluding tert-OH is 2. The minimum atomic E-state index is -0.443. The monoisotopic (exact) mass is 797 g/mol. The number of aromatic nitrogens is 2. The van der Waals surface area contributed by atoms with Crippen LogP contribution in [-0.4, -0.2) is 32.4 Å². The van der Waals surface area contributed by atoms with E-state index in [4.69, 9.17) is 9.97 Å². The second kappa shape index (κ2) is 15.6. The third-order valence-corrected chi connectivity index (χ3v) is 8.30. The van der Waals surface area contributed by atoms with Gasteiger partial charge in [0, 0.05) is 44.0 Å². The van der Waals surface area contributed by atoms with E-state index in [0.717, 1.165) is 50.5 Å². The third kappa shape index (κ3) is 9.90. The molecule has 0 saturated carbocycles. The summed E-state index contributed by atoms with van der Waals surface area (Å²) in [6, 6.07) is 20.3. The average Bonchev–Trinajstić information content (AvgIpc) is 2.92. The van der Waals surface area contributed by atoms with Crippen molar-refractivity contribution in [1.29, 1.82) is 5.26 Å². The number of rotatable bonds is 5. The minimum absolute atomic E-state index is 0. The first-order valence-electron chi connectivity index (χ1n) is 15.6. The van der Waals surface area contributed by atoms with Crippen LogP contribution in [0.15, 0.2) is 48.7 Å². The van der Waals surface area contributed by atoms with E-state index >= 15 is 0 Å². The van der Waals surface area contributed by atoms with Gasteiger partial charge in [0.05, 0.1) is 35.2 Å². The molecule has 3 aromatic carbocycles. The molecule has 1 aromatic heterocycles. The summed E-state index contributed by atoms with van der Waals surface area (Å²) in [6.45, 7) is 24.2. The van der Waals surface area contributed by atoms with Gasteiger partial charge in [-0.1, -0.05) is 90.8 Å². The van der Waals surface area contributed by atoms with Gasteiger partial charge in [-0.3, -0.25) is 4.98 Å². The van der Waals surface area contributed by atoms with Crippen LogP contribution >= 0.6 is 0 Å². The molecule has 0 bridgehead atoms. The zero-order chi connectivity index (χ0) is 33.9. The first kappa shape index (κ1) is 39.0. The number of benzene rings is 3. The van der Waals surface area contributed by atoms with Crippen molar-refractivity contribution in [2.45, 2.75) is 102 Å². The molecule has 247 valence electrons. The quantitative estimate of drug-likeness (QED) is 0.197. The number of nitrogens with zero attached hydrogens (tertiary/aromatic N) is 3. The SMILES string of the molecule is CC(C)(C)C(O)CC(O)C(C)(C)C.Cc1[c-]c(-c2ncc(-c3ccc(C#N)c(C)c3C)nc2-c2cc(C)cc(C)c2)cc(C)c1.[Ir]. The maximum Gasteiger partial charge on any atom is 0.0994 e. The van der Waals surface area contributed by atoms with Crippen molar-refractivity contribution < 1.29 is 30.3 Å². The van der Waals surface area contributed by atoms with Gasteiger partial charge in [-0.25, -0.2) is 0 Å². The summed E-state index contributed by atoms with van der Waals surface area (Å²) >= 11 is 0. The van der Waals surface area contributed by atoms with Crippen LogP contribution in [0, 0.1) is 69.8 Å². The van der Waals surface area contributed by atoms with Crippen molar-refractivity contribution in [2.24, 2.45) is 10.8 Å². The van der Waals surface area contributed by atoms with Gasteiger partial charge in [0.15, 0.2) is 0 Å². The molecule has 4 aromatic rings. The average molecular weight is 797 g/mol. The number of aryl methyl sites for hydroxylation is 4. The fourth-order valence-corrected chi connectivity index (χ4v) is 5.19. The summed E-state index contributed by atoms with van der Waals surface area (Å²) in [5.74, 6) is 0. The molecular formula is C40H50IrN3O2-. The Kier molecular flexibility index (Phi) is 13.2. The molecule has 6 heteroatoms. The van der Waals surface area contributed by atoms with Crippen LogP contribution in [0.3, 0.4) is 0 Å². The summed E-state index contributed by atoms with van der Waals surface area (Å²) < 4.78 is 0. The zero-order valence-corrected chi connectivity index (χ0v) is 31.9.